The molecular weight excluding hydrogens is 222 g/mol. The van der Waals surface area contributed by atoms with Gasteiger partial charge < -0.3 is 4.57 Å². The van der Waals surface area contributed by atoms with Crippen LogP contribution in [0.15, 0.2) is 59.5 Å². The SMILES string of the molecule is O=c1[c]cn(Cc2ccccc2)c2c[c]ccc12. The molecule has 0 aliphatic carbocycles. The molecule has 2 heteroatoms. The van der Waals surface area contributed by atoms with Crippen molar-refractivity contribution in [3.8, 4) is 0 Å². The van der Waals surface area contributed by atoms with Crippen LogP contribution in [0.3, 0.4) is 0 Å². The van der Waals surface area contributed by atoms with E-state index in [1.807, 2.05) is 28.8 Å². The Kier molecular flexibility index (Phi) is 2.69. The monoisotopic (exact) mass is 233 g/mol. The van der Waals surface area contributed by atoms with E-state index < -0.39 is 0 Å². The van der Waals surface area contributed by atoms with Crippen LogP contribution in [-0.2, 0) is 6.54 Å². The lowest BCUT2D eigenvalue weighted by Crippen LogP contribution is -2.09. The highest BCUT2D eigenvalue weighted by molar-refractivity contribution is 5.78. The standard InChI is InChI=1S/C16H11NO/c18-16-10-11-17(12-13-6-2-1-3-7-13)15-9-5-4-8-14(15)16/h1-4,6-9,11H,12H2. The topological polar surface area (TPSA) is 22.0 Å². The maximum Gasteiger partial charge on any atom is 0.197 e. The van der Waals surface area contributed by atoms with Gasteiger partial charge in [0.2, 0.25) is 0 Å². The fourth-order valence-electron chi connectivity index (χ4n) is 2.05. The van der Waals surface area contributed by atoms with Crippen LogP contribution in [0.2, 0.25) is 0 Å². The molecular formula is C16H11NO. The molecule has 0 atom stereocenters. The van der Waals surface area contributed by atoms with Gasteiger partial charge >= 0.3 is 0 Å². The summed E-state index contributed by atoms with van der Waals surface area (Å²) < 4.78 is 2.02. The van der Waals surface area contributed by atoms with Crippen LogP contribution in [0, 0.1) is 12.1 Å². The molecule has 0 amide bonds. The second kappa shape index (κ2) is 4.49. The highest BCUT2D eigenvalue weighted by atomic mass is 16.1. The minimum absolute atomic E-state index is 0.0664. The molecule has 2 radical (unpaired) electrons. The van der Waals surface area contributed by atoms with Crippen LogP contribution in [-0.4, -0.2) is 4.57 Å². The number of benzene rings is 2. The maximum atomic E-state index is 11.7. The smallest absolute Gasteiger partial charge is 0.197 e. The average molecular weight is 233 g/mol. The van der Waals surface area contributed by atoms with Crippen molar-refractivity contribution < 1.29 is 0 Å². The number of pyridine rings is 1. The average Bonchev–Trinajstić information content (AvgIpc) is 2.44. The maximum absolute atomic E-state index is 11.7. The molecule has 0 unspecified atom stereocenters. The van der Waals surface area contributed by atoms with Crippen molar-refractivity contribution in [2.24, 2.45) is 0 Å². The fraction of sp³-hybridized carbons (Fsp3) is 0.0625. The number of rotatable bonds is 2. The molecule has 0 spiro atoms. The highest BCUT2D eigenvalue weighted by Gasteiger charge is 2.02. The second-order valence-corrected chi connectivity index (χ2v) is 4.16. The van der Waals surface area contributed by atoms with Crippen molar-refractivity contribution in [1.82, 2.24) is 4.57 Å². The minimum Gasteiger partial charge on any atom is -0.342 e. The third-order valence-corrected chi connectivity index (χ3v) is 2.94. The second-order valence-electron chi connectivity index (χ2n) is 4.16. The Balaban J connectivity index is 2.13. The van der Waals surface area contributed by atoms with Gasteiger partial charge in [0, 0.05) is 18.1 Å². The molecule has 3 rings (SSSR count). The molecule has 0 saturated carbocycles. The number of fused-ring (bicyclic) bond motifs is 1. The van der Waals surface area contributed by atoms with Crippen LogP contribution >= 0.6 is 0 Å². The van der Waals surface area contributed by atoms with Crippen molar-refractivity contribution in [3.05, 3.63) is 82.6 Å². The zero-order chi connectivity index (χ0) is 12.4. The quantitative estimate of drug-likeness (QED) is 0.667. The van der Waals surface area contributed by atoms with Crippen molar-refractivity contribution >= 4 is 10.9 Å². The molecule has 2 nitrogen and oxygen atoms in total. The number of hydrogen-bond donors (Lipinski definition) is 0. The van der Waals surface area contributed by atoms with Gasteiger partial charge in [0.25, 0.3) is 0 Å². The summed E-state index contributed by atoms with van der Waals surface area (Å²) in [6.45, 7) is 0.728. The largest absolute Gasteiger partial charge is 0.342 e. The molecule has 86 valence electrons. The van der Waals surface area contributed by atoms with Crippen molar-refractivity contribution in [1.29, 1.82) is 0 Å². The Hall–Kier alpha value is -2.35. The van der Waals surface area contributed by atoms with Crippen molar-refractivity contribution in [2.75, 3.05) is 0 Å². The predicted octanol–water partition coefficient (Wildman–Crippen LogP) is 2.65. The van der Waals surface area contributed by atoms with Gasteiger partial charge in [-0.25, -0.2) is 0 Å². The van der Waals surface area contributed by atoms with E-state index in [1.165, 1.54) is 5.56 Å². The van der Waals surface area contributed by atoms with Gasteiger partial charge in [-0.05, 0) is 23.8 Å². The first kappa shape index (κ1) is 10.8. The lowest BCUT2D eigenvalue weighted by molar-refractivity contribution is 0.824. The molecule has 0 aliphatic rings. The molecule has 3 aromatic rings. The summed E-state index contributed by atoms with van der Waals surface area (Å²) in [6, 6.07) is 21.3. The summed E-state index contributed by atoms with van der Waals surface area (Å²) in [7, 11) is 0. The van der Waals surface area contributed by atoms with Crippen molar-refractivity contribution in [3.63, 3.8) is 0 Å². The summed E-state index contributed by atoms with van der Waals surface area (Å²) >= 11 is 0. The predicted molar refractivity (Wildman–Crippen MR) is 71.4 cm³/mol. The molecule has 0 aliphatic heterocycles. The Morgan fingerprint density at radius 1 is 1.11 bits per heavy atom. The van der Waals surface area contributed by atoms with Crippen LogP contribution in [0.25, 0.3) is 10.9 Å². The summed E-state index contributed by atoms with van der Waals surface area (Å²) in [5.41, 5.74) is 2.02. The summed E-state index contributed by atoms with van der Waals surface area (Å²) in [6.07, 6.45) is 1.71. The summed E-state index contributed by atoms with van der Waals surface area (Å²) in [5.74, 6) is 0. The van der Waals surface area contributed by atoms with Gasteiger partial charge in [-0.2, -0.15) is 0 Å². The summed E-state index contributed by atoms with van der Waals surface area (Å²) in [4.78, 5) is 11.7. The highest BCUT2D eigenvalue weighted by Crippen LogP contribution is 2.11. The number of aromatic nitrogens is 1. The van der Waals surface area contributed by atoms with Gasteiger partial charge in [0.15, 0.2) is 5.43 Å². The number of nitrogens with zero attached hydrogens (tertiary/aromatic N) is 1. The van der Waals surface area contributed by atoms with E-state index in [9.17, 15) is 4.79 Å². The van der Waals surface area contributed by atoms with Gasteiger partial charge in [-0.1, -0.05) is 36.4 Å². The van der Waals surface area contributed by atoms with E-state index in [0.717, 1.165) is 12.1 Å². The fourth-order valence-corrected chi connectivity index (χ4v) is 2.05. The lowest BCUT2D eigenvalue weighted by Gasteiger charge is -2.10. The molecule has 0 saturated heterocycles. The van der Waals surface area contributed by atoms with E-state index >= 15 is 0 Å². The Morgan fingerprint density at radius 2 is 1.94 bits per heavy atom. The van der Waals surface area contributed by atoms with Gasteiger partial charge in [0.1, 0.15) is 0 Å². The Labute approximate surface area is 105 Å². The van der Waals surface area contributed by atoms with Crippen LogP contribution < -0.4 is 5.43 Å². The third kappa shape index (κ3) is 1.93. The van der Waals surface area contributed by atoms with Gasteiger partial charge in [0.05, 0.1) is 11.6 Å². The zero-order valence-corrected chi connectivity index (χ0v) is 9.76. The number of hydrogen-bond acceptors (Lipinski definition) is 1. The summed E-state index contributed by atoms with van der Waals surface area (Å²) in [5, 5.41) is 0.687. The van der Waals surface area contributed by atoms with E-state index in [0.29, 0.717) is 5.39 Å². The first-order valence-electron chi connectivity index (χ1n) is 5.79. The van der Waals surface area contributed by atoms with E-state index in [2.05, 4.69) is 24.3 Å². The van der Waals surface area contributed by atoms with Crippen LogP contribution in [0.1, 0.15) is 5.56 Å². The first-order valence-corrected chi connectivity index (χ1v) is 5.79. The van der Waals surface area contributed by atoms with E-state index in [4.69, 9.17) is 0 Å². The van der Waals surface area contributed by atoms with Crippen LogP contribution in [0.4, 0.5) is 0 Å². The zero-order valence-electron chi connectivity index (χ0n) is 9.76. The minimum atomic E-state index is -0.0664. The van der Waals surface area contributed by atoms with E-state index in [1.54, 1.807) is 18.3 Å². The van der Waals surface area contributed by atoms with E-state index in [-0.39, 0.29) is 5.43 Å². The Morgan fingerprint density at radius 3 is 2.78 bits per heavy atom. The molecule has 1 aromatic heterocycles. The molecule has 18 heavy (non-hydrogen) atoms. The first-order chi connectivity index (χ1) is 8.84. The van der Waals surface area contributed by atoms with Gasteiger partial charge in [-0.3, -0.25) is 4.79 Å². The molecule has 0 N–H and O–H groups in total. The molecule has 0 fully saturated rings. The molecule has 2 aromatic carbocycles. The van der Waals surface area contributed by atoms with Crippen LogP contribution in [0.5, 0.6) is 0 Å². The normalized spacial score (nSPS) is 10.7. The Bertz CT molecular complexity index is 729. The third-order valence-electron chi connectivity index (χ3n) is 2.94. The lowest BCUT2D eigenvalue weighted by atomic mass is 10.2. The molecule has 0 bridgehead atoms. The molecule has 1 heterocycles. The van der Waals surface area contributed by atoms with Gasteiger partial charge in [-0.15, -0.1) is 0 Å². The van der Waals surface area contributed by atoms with Crippen molar-refractivity contribution in [2.45, 2.75) is 6.54 Å².